The summed E-state index contributed by atoms with van der Waals surface area (Å²) < 4.78 is 6.91. The van der Waals surface area contributed by atoms with Crippen LogP contribution in [0.15, 0.2) is 23.3 Å². The van der Waals surface area contributed by atoms with Gasteiger partial charge in [0.2, 0.25) is 0 Å². The maximum Gasteiger partial charge on any atom is 0.192 e. The molecule has 3 heteroatoms. The topological polar surface area (TPSA) is 29.5 Å². The molecule has 0 saturated heterocycles. The van der Waals surface area contributed by atoms with Crippen LogP contribution in [0, 0.1) is 40.4 Å². The van der Waals surface area contributed by atoms with Gasteiger partial charge in [-0.25, -0.2) is 0 Å². The average Bonchev–Trinajstić information content (AvgIpc) is 3.03. The Morgan fingerprint density at radius 2 is 1.72 bits per heavy atom. The van der Waals surface area contributed by atoms with Gasteiger partial charge in [0.15, 0.2) is 8.32 Å². The van der Waals surface area contributed by atoms with E-state index in [0.29, 0.717) is 35.2 Å². The highest BCUT2D eigenvalue weighted by Crippen LogP contribution is 2.66. The van der Waals surface area contributed by atoms with Crippen LogP contribution in [0.2, 0.25) is 18.1 Å². The van der Waals surface area contributed by atoms with E-state index in [0.717, 1.165) is 18.8 Å². The summed E-state index contributed by atoms with van der Waals surface area (Å²) in [6.45, 7) is 24.1. The average molecular weight is 515 g/mol. The van der Waals surface area contributed by atoms with E-state index >= 15 is 0 Å². The van der Waals surface area contributed by atoms with E-state index in [1.165, 1.54) is 44.9 Å². The van der Waals surface area contributed by atoms with Crippen molar-refractivity contribution in [3.05, 3.63) is 23.3 Å². The van der Waals surface area contributed by atoms with E-state index in [2.05, 4.69) is 80.6 Å². The number of hydrogen-bond donors (Lipinski definition) is 1. The monoisotopic (exact) mass is 514 g/mol. The van der Waals surface area contributed by atoms with Crippen molar-refractivity contribution in [1.29, 1.82) is 0 Å². The molecule has 2 fully saturated rings. The fourth-order valence-corrected chi connectivity index (χ4v) is 10.1. The van der Waals surface area contributed by atoms with Crippen LogP contribution >= 0.6 is 0 Å². The molecule has 1 N–H and O–H groups in total. The van der Waals surface area contributed by atoms with Crippen LogP contribution in [0.4, 0.5) is 0 Å². The van der Waals surface area contributed by atoms with Gasteiger partial charge < -0.3 is 9.53 Å². The molecule has 2 saturated carbocycles. The minimum atomic E-state index is -1.75. The summed E-state index contributed by atoms with van der Waals surface area (Å²) in [5.41, 5.74) is 3.75. The molecule has 0 aromatic rings. The van der Waals surface area contributed by atoms with E-state index in [-0.39, 0.29) is 16.6 Å². The Kier molecular flexibility index (Phi) is 7.93. The summed E-state index contributed by atoms with van der Waals surface area (Å²) in [5.74, 6) is 3.10. The van der Waals surface area contributed by atoms with E-state index in [9.17, 15) is 5.11 Å². The second-order valence-electron chi connectivity index (χ2n) is 15.7. The standard InChI is InChI=1S/C33H58O2Si/c1-22(2)12-11-13-23(3)28-21-29(34)30-26-15-14-24-20-25(35-36(9,10)31(4,5)6)16-18-32(24,7)27(26)17-19-33(28,30)8/h14,21-23,25-27,29-30,34H,11-13,15-20H2,1-10H3/t23-,25+,26-,27+,29-,30?,32+,33-/m1/s1. The summed E-state index contributed by atoms with van der Waals surface area (Å²) in [6.07, 6.45) is 16.3. The SMILES string of the molecule is CC(C)CCC[C@@H](C)C1=C[C@@H](O)C2[C@@H]3CC=C4C[C@@H](O[Si](C)(C)C(C)(C)C)CC[C@]4(C)[C@H]3CC[C@]12C. The normalized spacial score (nSPS) is 39.7. The number of allylic oxidation sites excluding steroid dienone is 2. The third-order valence-electron chi connectivity index (χ3n) is 11.9. The molecular weight excluding hydrogens is 456 g/mol. The quantitative estimate of drug-likeness (QED) is 0.271. The minimum Gasteiger partial charge on any atom is -0.414 e. The molecule has 0 heterocycles. The predicted octanol–water partition coefficient (Wildman–Crippen LogP) is 9.31. The van der Waals surface area contributed by atoms with Gasteiger partial charge in [-0.05, 0) is 97.6 Å². The van der Waals surface area contributed by atoms with E-state index < -0.39 is 8.32 Å². The van der Waals surface area contributed by atoms with Crippen molar-refractivity contribution >= 4 is 8.32 Å². The fraction of sp³-hybridized carbons (Fsp3) is 0.879. The second kappa shape index (κ2) is 9.98. The van der Waals surface area contributed by atoms with Crippen LogP contribution < -0.4 is 0 Å². The molecule has 36 heavy (non-hydrogen) atoms. The van der Waals surface area contributed by atoms with Crippen LogP contribution in [0.25, 0.3) is 0 Å². The fourth-order valence-electron chi connectivity index (χ4n) is 8.73. The van der Waals surface area contributed by atoms with Gasteiger partial charge in [0, 0.05) is 12.0 Å². The molecule has 4 rings (SSSR count). The maximum absolute atomic E-state index is 11.5. The van der Waals surface area contributed by atoms with Crippen LogP contribution in [-0.4, -0.2) is 25.6 Å². The number of hydrogen-bond acceptors (Lipinski definition) is 2. The molecule has 8 atom stereocenters. The lowest BCUT2D eigenvalue weighted by atomic mass is 9.47. The lowest BCUT2D eigenvalue weighted by Crippen LogP contribution is -2.53. The van der Waals surface area contributed by atoms with Crippen LogP contribution in [0.5, 0.6) is 0 Å². The summed E-state index contributed by atoms with van der Waals surface area (Å²) >= 11 is 0. The highest BCUT2D eigenvalue weighted by molar-refractivity contribution is 6.74. The third-order valence-corrected chi connectivity index (χ3v) is 16.4. The van der Waals surface area contributed by atoms with E-state index in [1.54, 1.807) is 11.1 Å². The van der Waals surface area contributed by atoms with Gasteiger partial charge in [0.05, 0.1) is 6.10 Å². The molecule has 206 valence electrons. The van der Waals surface area contributed by atoms with Crippen molar-refractivity contribution in [2.24, 2.45) is 40.4 Å². The highest BCUT2D eigenvalue weighted by Gasteiger charge is 2.59. The number of aliphatic hydroxyl groups is 1. The molecule has 1 unspecified atom stereocenters. The van der Waals surface area contributed by atoms with Gasteiger partial charge in [-0.15, -0.1) is 0 Å². The smallest absolute Gasteiger partial charge is 0.192 e. The first-order chi connectivity index (χ1) is 16.6. The zero-order chi connectivity index (χ0) is 26.7. The maximum atomic E-state index is 11.5. The lowest BCUT2D eigenvalue weighted by molar-refractivity contribution is -0.0640. The molecule has 0 amide bonds. The first-order valence-corrected chi connectivity index (χ1v) is 18.3. The minimum absolute atomic E-state index is 0.183. The lowest BCUT2D eigenvalue weighted by Gasteiger charge is -2.59. The number of rotatable bonds is 7. The Hall–Kier alpha value is -0.383. The Balaban J connectivity index is 1.49. The van der Waals surface area contributed by atoms with Crippen molar-refractivity contribution in [3.8, 4) is 0 Å². The van der Waals surface area contributed by atoms with Crippen molar-refractivity contribution in [2.45, 2.75) is 144 Å². The van der Waals surface area contributed by atoms with Crippen LogP contribution in [0.1, 0.15) is 113 Å². The highest BCUT2D eigenvalue weighted by atomic mass is 28.4. The zero-order valence-corrected chi connectivity index (χ0v) is 26.4. The second-order valence-corrected chi connectivity index (χ2v) is 20.5. The Labute approximate surface area is 224 Å². The summed E-state index contributed by atoms with van der Waals surface area (Å²) in [5, 5.41) is 11.7. The van der Waals surface area contributed by atoms with Gasteiger partial charge >= 0.3 is 0 Å². The molecule has 0 aromatic heterocycles. The van der Waals surface area contributed by atoms with E-state index in [1.807, 2.05) is 0 Å². The van der Waals surface area contributed by atoms with Crippen molar-refractivity contribution in [1.82, 2.24) is 0 Å². The van der Waals surface area contributed by atoms with Crippen molar-refractivity contribution in [2.75, 3.05) is 0 Å². The first kappa shape index (κ1) is 28.6. The predicted molar refractivity (Wildman–Crippen MR) is 156 cm³/mol. The van der Waals surface area contributed by atoms with Gasteiger partial charge in [0.1, 0.15) is 0 Å². The molecule has 0 aromatic carbocycles. The van der Waals surface area contributed by atoms with E-state index in [4.69, 9.17) is 4.43 Å². The van der Waals surface area contributed by atoms with Crippen LogP contribution in [0.3, 0.4) is 0 Å². The largest absolute Gasteiger partial charge is 0.414 e. The third kappa shape index (κ3) is 4.99. The Bertz CT molecular complexity index is 863. The van der Waals surface area contributed by atoms with Crippen molar-refractivity contribution < 1.29 is 9.53 Å². The molecule has 4 aliphatic carbocycles. The number of aliphatic hydroxyl groups excluding tert-OH is 1. The Morgan fingerprint density at radius 1 is 1.06 bits per heavy atom. The number of fused-ring (bicyclic) bond motifs is 5. The molecule has 0 radical (unpaired) electrons. The summed E-state index contributed by atoms with van der Waals surface area (Å²) in [4.78, 5) is 0. The molecule has 4 aliphatic rings. The van der Waals surface area contributed by atoms with Crippen molar-refractivity contribution in [3.63, 3.8) is 0 Å². The Morgan fingerprint density at radius 3 is 2.36 bits per heavy atom. The van der Waals surface area contributed by atoms with Gasteiger partial charge in [-0.1, -0.05) is 91.5 Å². The first-order valence-electron chi connectivity index (χ1n) is 15.4. The van der Waals surface area contributed by atoms with Crippen LogP contribution in [-0.2, 0) is 4.43 Å². The van der Waals surface area contributed by atoms with Gasteiger partial charge in [-0.2, -0.15) is 0 Å². The molecular formula is C33H58O2Si. The van der Waals surface area contributed by atoms with Gasteiger partial charge in [-0.3, -0.25) is 0 Å². The summed E-state index contributed by atoms with van der Waals surface area (Å²) in [7, 11) is -1.75. The molecule has 0 bridgehead atoms. The zero-order valence-electron chi connectivity index (χ0n) is 25.4. The molecule has 0 aliphatic heterocycles. The molecule has 0 spiro atoms. The molecule has 2 nitrogen and oxygen atoms in total. The summed E-state index contributed by atoms with van der Waals surface area (Å²) in [6, 6.07) is 0. The van der Waals surface area contributed by atoms with Gasteiger partial charge in [0.25, 0.3) is 0 Å².